The molecule has 2 N–H and O–H groups in total. The molecule has 1 aromatic carbocycles. The zero-order valence-corrected chi connectivity index (χ0v) is 12.7. The van der Waals surface area contributed by atoms with Crippen molar-refractivity contribution in [3.8, 4) is 5.75 Å². The lowest BCUT2D eigenvalue weighted by Gasteiger charge is -2.32. The number of hydrogen-bond acceptors (Lipinski definition) is 3. The van der Waals surface area contributed by atoms with Crippen molar-refractivity contribution in [3.63, 3.8) is 0 Å². The van der Waals surface area contributed by atoms with Gasteiger partial charge < -0.3 is 15.2 Å². The zero-order chi connectivity index (χ0) is 19.4. The molecule has 1 aromatic rings. The van der Waals surface area contributed by atoms with Crippen molar-refractivity contribution in [2.24, 2.45) is 5.92 Å². The van der Waals surface area contributed by atoms with Crippen LogP contribution in [0.3, 0.4) is 0 Å². The van der Waals surface area contributed by atoms with Gasteiger partial charge in [-0.15, -0.1) is 0 Å². The fourth-order valence-corrected chi connectivity index (χ4v) is 1.71. The van der Waals surface area contributed by atoms with Crippen LogP contribution in [-0.4, -0.2) is 36.4 Å². The molecule has 0 amide bonds. The van der Waals surface area contributed by atoms with Crippen molar-refractivity contribution in [1.82, 2.24) is 5.32 Å². The number of alkyl halides is 6. The molecule has 1 aliphatic heterocycles. The number of ether oxygens (including phenoxy) is 1. The first-order valence-corrected chi connectivity index (χ1v) is 6.86. The quantitative estimate of drug-likeness (QED) is 0.793. The van der Waals surface area contributed by atoms with Crippen molar-refractivity contribution in [1.29, 1.82) is 0 Å². The van der Waals surface area contributed by atoms with Crippen LogP contribution in [0.2, 0.25) is 0 Å². The smallest absolute Gasteiger partial charge is 0.487 e. The third kappa shape index (κ3) is 6.40. The molecule has 0 aliphatic carbocycles. The number of halogens is 7. The molecular formula is C14H14F7NO3. The molecule has 1 heterocycles. The predicted molar refractivity (Wildman–Crippen MR) is 71.5 cm³/mol. The minimum absolute atomic E-state index is 0.137. The Morgan fingerprint density at radius 3 is 2.08 bits per heavy atom. The Hall–Kier alpha value is -2.04. The molecule has 0 saturated carbocycles. The number of benzene rings is 1. The standard InChI is InChI=1S/C12H13F4NO.C2HF3O2/c1-7(8-5-17-6-8)18-11-3-2-9(4-10(11)13)12(14,15)16;3-2(4,5)1(6)7/h2-4,7-8,17H,5-6H2,1H3;(H,6,7). The molecule has 1 atom stereocenters. The number of carbonyl (C=O) groups is 1. The van der Waals surface area contributed by atoms with Crippen molar-refractivity contribution in [3.05, 3.63) is 29.6 Å². The Bertz CT molecular complexity index is 597. The van der Waals surface area contributed by atoms with Crippen LogP contribution < -0.4 is 10.1 Å². The van der Waals surface area contributed by atoms with E-state index >= 15 is 0 Å². The van der Waals surface area contributed by atoms with Crippen LogP contribution in [0.15, 0.2) is 18.2 Å². The normalized spacial score (nSPS) is 16.3. The number of rotatable bonds is 3. The Kier molecular flexibility index (Phi) is 6.63. The molecule has 0 spiro atoms. The molecule has 2 rings (SSSR count). The van der Waals surface area contributed by atoms with Crippen LogP contribution in [0, 0.1) is 11.7 Å². The molecule has 0 aromatic heterocycles. The Morgan fingerprint density at radius 1 is 1.24 bits per heavy atom. The summed E-state index contributed by atoms with van der Waals surface area (Å²) in [5.74, 6) is -3.61. The molecule has 25 heavy (non-hydrogen) atoms. The third-order valence-corrected chi connectivity index (χ3v) is 3.29. The minimum Gasteiger partial charge on any atom is -0.487 e. The molecule has 1 unspecified atom stereocenters. The first-order chi connectivity index (χ1) is 11.3. The van der Waals surface area contributed by atoms with Crippen LogP contribution in [0.5, 0.6) is 5.75 Å². The van der Waals surface area contributed by atoms with Gasteiger partial charge in [-0.25, -0.2) is 9.18 Å². The Morgan fingerprint density at radius 2 is 1.76 bits per heavy atom. The van der Waals surface area contributed by atoms with Crippen molar-refractivity contribution >= 4 is 5.97 Å². The highest BCUT2D eigenvalue weighted by Crippen LogP contribution is 2.32. The van der Waals surface area contributed by atoms with Gasteiger partial charge >= 0.3 is 18.3 Å². The monoisotopic (exact) mass is 377 g/mol. The van der Waals surface area contributed by atoms with E-state index in [4.69, 9.17) is 14.6 Å². The van der Waals surface area contributed by atoms with Crippen molar-refractivity contribution in [2.45, 2.75) is 25.4 Å². The van der Waals surface area contributed by atoms with Crippen LogP contribution in [0.1, 0.15) is 12.5 Å². The number of carboxylic acid groups (broad SMARTS) is 1. The van der Waals surface area contributed by atoms with Gasteiger partial charge in [0.25, 0.3) is 0 Å². The SMILES string of the molecule is CC(Oc1ccc(C(F)(F)F)cc1F)C1CNC1.O=C(O)C(F)(F)F. The lowest BCUT2D eigenvalue weighted by molar-refractivity contribution is -0.192. The van der Waals surface area contributed by atoms with Gasteiger partial charge in [-0.2, -0.15) is 26.3 Å². The van der Waals surface area contributed by atoms with E-state index in [-0.39, 0.29) is 17.8 Å². The Labute approximate surface area is 137 Å². The summed E-state index contributed by atoms with van der Waals surface area (Å²) < 4.78 is 87.6. The highest BCUT2D eigenvalue weighted by atomic mass is 19.4. The van der Waals surface area contributed by atoms with Crippen LogP contribution >= 0.6 is 0 Å². The van der Waals surface area contributed by atoms with Gasteiger partial charge in [0.05, 0.1) is 5.56 Å². The second-order valence-corrected chi connectivity index (χ2v) is 5.19. The summed E-state index contributed by atoms with van der Waals surface area (Å²) in [5.41, 5.74) is -1.01. The number of hydrogen-bond donors (Lipinski definition) is 2. The maximum atomic E-state index is 13.5. The first kappa shape index (κ1) is 21.0. The summed E-state index contributed by atoms with van der Waals surface area (Å²) in [4.78, 5) is 8.90. The lowest BCUT2D eigenvalue weighted by Crippen LogP contribution is -2.49. The highest BCUT2D eigenvalue weighted by Gasteiger charge is 2.38. The highest BCUT2D eigenvalue weighted by molar-refractivity contribution is 5.73. The Balaban J connectivity index is 0.000000381. The molecule has 4 nitrogen and oxygen atoms in total. The second kappa shape index (κ2) is 7.89. The molecule has 11 heteroatoms. The zero-order valence-electron chi connectivity index (χ0n) is 12.7. The molecule has 1 fully saturated rings. The largest absolute Gasteiger partial charge is 0.490 e. The van der Waals surface area contributed by atoms with Gasteiger partial charge in [-0.1, -0.05) is 0 Å². The van der Waals surface area contributed by atoms with Crippen LogP contribution in [-0.2, 0) is 11.0 Å². The van der Waals surface area contributed by atoms with Gasteiger partial charge in [0.15, 0.2) is 11.6 Å². The summed E-state index contributed by atoms with van der Waals surface area (Å²) in [5, 5.41) is 10.2. The average molecular weight is 377 g/mol. The average Bonchev–Trinajstić information content (AvgIpc) is 2.37. The van der Waals surface area contributed by atoms with Gasteiger partial charge in [-0.05, 0) is 25.1 Å². The molecule has 0 radical (unpaired) electrons. The van der Waals surface area contributed by atoms with Gasteiger partial charge in [-0.3, -0.25) is 0 Å². The fourth-order valence-electron chi connectivity index (χ4n) is 1.71. The minimum atomic E-state index is -5.08. The van der Waals surface area contributed by atoms with Crippen molar-refractivity contribution in [2.75, 3.05) is 13.1 Å². The van der Waals surface area contributed by atoms with Crippen LogP contribution in [0.25, 0.3) is 0 Å². The fraction of sp³-hybridized carbons (Fsp3) is 0.500. The predicted octanol–water partition coefficient (Wildman–Crippen LogP) is 3.46. The summed E-state index contributed by atoms with van der Waals surface area (Å²) in [7, 11) is 0. The summed E-state index contributed by atoms with van der Waals surface area (Å²) in [6.07, 6.45) is -9.85. The van der Waals surface area contributed by atoms with E-state index < -0.39 is 29.7 Å². The summed E-state index contributed by atoms with van der Waals surface area (Å²) >= 11 is 0. The van der Waals surface area contributed by atoms with Crippen LogP contribution in [0.4, 0.5) is 30.7 Å². The van der Waals surface area contributed by atoms with E-state index in [0.29, 0.717) is 6.07 Å². The summed E-state index contributed by atoms with van der Waals surface area (Å²) in [6.45, 7) is 3.34. The molecule has 1 aliphatic rings. The number of carboxylic acids is 1. The van der Waals surface area contributed by atoms with E-state index in [2.05, 4.69) is 5.32 Å². The van der Waals surface area contributed by atoms with E-state index in [0.717, 1.165) is 25.2 Å². The molecule has 1 saturated heterocycles. The van der Waals surface area contributed by atoms with Crippen molar-refractivity contribution < 1.29 is 45.4 Å². The van der Waals surface area contributed by atoms with E-state index in [1.807, 2.05) is 0 Å². The molecule has 142 valence electrons. The van der Waals surface area contributed by atoms with Gasteiger partial charge in [0.1, 0.15) is 6.10 Å². The topological polar surface area (TPSA) is 58.6 Å². The second-order valence-electron chi connectivity index (χ2n) is 5.19. The lowest BCUT2D eigenvalue weighted by atomic mass is 9.97. The van der Waals surface area contributed by atoms with E-state index in [9.17, 15) is 30.7 Å². The third-order valence-electron chi connectivity index (χ3n) is 3.29. The van der Waals surface area contributed by atoms with Gasteiger partial charge in [0.2, 0.25) is 0 Å². The number of nitrogens with one attached hydrogen (secondary N) is 1. The first-order valence-electron chi connectivity index (χ1n) is 6.86. The van der Waals surface area contributed by atoms with E-state index in [1.165, 1.54) is 0 Å². The van der Waals surface area contributed by atoms with E-state index in [1.54, 1.807) is 6.92 Å². The molecular weight excluding hydrogens is 363 g/mol. The maximum absolute atomic E-state index is 13.5. The number of aliphatic carboxylic acids is 1. The van der Waals surface area contributed by atoms with Gasteiger partial charge in [0, 0.05) is 19.0 Å². The molecule has 0 bridgehead atoms. The summed E-state index contributed by atoms with van der Waals surface area (Å²) in [6, 6.07) is 2.31. The maximum Gasteiger partial charge on any atom is 0.490 e.